The minimum atomic E-state index is -0.424. The van der Waals surface area contributed by atoms with Crippen molar-refractivity contribution in [2.45, 2.75) is 12.8 Å². The first kappa shape index (κ1) is 8.37. The van der Waals surface area contributed by atoms with Crippen LogP contribution in [0.25, 0.3) is 0 Å². The molecule has 1 atom stereocenters. The van der Waals surface area contributed by atoms with Crippen LogP contribution in [-0.4, -0.2) is 16.9 Å². The predicted molar refractivity (Wildman–Crippen MR) is 45.0 cm³/mol. The van der Waals surface area contributed by atoms with Crippen molar-refractivity contribution in [3.8, 4) is 0 Å². The highest BCUT2D eigenvalue weighted by Gasteiger charge is 2.33. The number of hydrogen-bond donors (Lipinski definition) is 0. The Bertz CT molecular complexity index is 333. The normalized spacial score (nSPS) is 22.0. The highest BCUT2D eigenvalue weighted by atomic mass is 32.1. The van der Waals surface area contributed by atoms with Crippen LogP contribution in [0, 0.1) is 5.92 Å². The van der Waals surface area contributed by atoms with Crippen molar-refractivity contribution in [2.24, 2.45) is 5.92 Å². The molecule has 1 aliphatic heterocycles. The molecule has 1 saturated heterocycles. The number of carbonyl (C=O) groups excluding carboxylic acids is 2. The van der Waals surface area contributed by atoms with Crippen LogP contribution in [0.4, 0.5) is 0 Å². The number of cyclic esters (lactones) is 2. The summed E-state index contributed by atoms with van der Waals surface area (Å²) in [4.78, 5) is 25.8. The molecule has 0 spiro atoms. The van der Waals surface area contributed by atoms with E-state index in [4.69, 9.17) is 0 Å². The summed E-state index contributed by atoms with van der Waals surface area (Å²) in [6.07, 6.45) is 2.39. The fraction of sp³-hybridized carbons (Fsp3) is 0.375. The van der Waals surface area contributed by atoms with Gasteiger partial charge in [0.15, 0.2) is 0 Å². The van der Waals surface area contributed by atoms with Crippen molar-refractivity contribution >= 4 is 23.3 Å². The summed E-state index contributed by atoms with van der Waals surface area (Å²) in [6, 6.07) is 0. The van der Waals surface area contributed by atoms with Crippen molar-refractivity contribution in [3.63, 3.8) is 0 Å². The molecule has 1 unspecified atom stereocenters. The maximum atomic E-state index is 11.0. The number of aromatic nitrogens is 1. The van der Waals surface area contributed by atoms with Gasteiger partial charge in [0.1, 0.15) is 0 Å². The molecule has 0 amide bonds. The Morgan fingerprint density at radius 2 is 2.46 bits per heavy atom. The fourth-order valence-electron chi connectivity index (χ4n) is 1.24. The van der Waals surface area contributed by atoms with Crippen LogP contribution in [0.3, 0.4) is 0 Å². The molecular weight excluding hydrogens is 190 g/mol. The van der Waals surface area contributed by atoms with Crippen molar-refractivity contribution in [2.75, 3.05) is 0 Å². The van der Waals surface area contributed by atoms with Crippen LogP contribution in [-0.2, 0) is 20.7 Å². The van der Waals surface area contributed by atoms with Crippen molar-refractivity contribution < 1.29 is 14.3 Å². The van der Waals surface area contributed by atoms with Crippen LogP contribution >= 0.6 is 11.3 Å². The molecule has 0 bridgehead atoms. The van der Waals surface area contributed by atoms with E-state index in [1.54, 1.807) is 6.20 Å². The zero-order valence-electron chi connectivity index (χ0n) is 6.73. The predicted octanol–water partition coefficient (Wildman–Crippen LogP) is 0.775. The van der Waals surface area contributed by atoms with Gasteiger partial charge in [0.25, 0.3) is 0 Å². The Kier molecular flexibility index (Phi) is 2.10. The summed E-state index contributed by atoms with van der Waals surface area (Å²) in [5.74, 6) is -1.16. The number of nitrogens with zero attached hydrogens (tertiary/aromatic N) is 1. The van der Waals surface area contributed by atoms with E-state index in [0.717, 1.165) is 5.01 Å². The fourth-order valence-corrected chi connectivity index (χ4v) is 1.94. The van der Waals surface area contributed by atoms with Crippen molar-refractivity contribution in [1.82, 2.24) is 4.98 Å². The van der Waals surface area contributed by atoms with Gasteiger partial charge in [-0.25, -0.2) is 4.98 Å². The number of ether oxygens (including phenoxy) is 1. The molecule has 68 valence electrons. The average molecular weight is 197 g/mol. The van der Waals surface area contributed by atoms with Gasteiger partial charge in [0.2, 0.25) is 0 Å². The summed E-state index contributed by atoms with van der Waals surface area (Å²) in [5, 5.41) is 2.72. The SMILES string of the molecule is O=C1CC(Cc2nccs2)C(=O)O1. The second kappa shape index (κ2) is 3.26. The molecule has 13 heavy (non-hydrogen) atoms. The zero-order valence-corrected chi connectivity index (χ0v) is 7.54. The lowest BCUT2D eigenvalue weighted by Gasteiger charge is -1.98. The second-order valence-electron chi connectivity index (χ2n) is 2.82. The van der Waals surface area contributed by atoms with Gasteiger partial charge in [-0.15, -0.1) is 11.3 Å². The summed E-state index contributed by atoms with van der Waals surface area (Å²) < 4.78 is 4.42. The molecule has 1 aromatic heterocycles. The molecule has 1 aromatic rings. The van der Waals surface area contributed by atoms with Gasteiger partial charge in [-0.1, -0.05) is 0 Å². The van der Waals surface area contributed by atoms with Gasteiger partial charge < -0.3 is 4.74 Å². The molecule has 0 saturated carbocycles. The number of esters is 2. The van der Waals surface area contributed by atoms with Gasteiger partial charge in [-0.05, 0) is 0 Å². The van der Waals surface area contributed by atoms with E-state index in [-0.39, 0.29) is 12.3 Å². The molecule has 0 radical (unpaired) electrons. The topological polar surface area (TPSA) is 56.3 Å². The second-order valence-corrected chi connectivity index (χ2v) is 3.80. The highest BCUT2D eigenvalue weighted by Crippen LogP contribution is 2.21. The van der Waals surface area contributed by atoms with Crippen LogP contribution in [0.1, 0.15) is 11.4 Å². The molecule has 2 rings (SSSR count). The van der Waals surface area contributed by atoms with Gasteiger partial charge in [-0.3, -0.25) is 9.59 Å². The largest absolute Gasteiger partial charge is 0.393 e. The van der Waals surface area contributed by atoms with E-state index in [2.05, 4.69) is 9.72 Å². The minimum absolute atomic E-state index is 0.193. The van der Waals surface area contributed by atoms with E-state index >= 15 is 0 Å². The molecule has 0 aromatic carbocycles. The quantitative estimate of drug-likeness (QED) is 0.519. The van der Waals surface area contributed by atoms with Crippen molar-refractivity contribution in [1.29, 1.82) is 0 Å². The third kappa shape index (κ3) is 1.75. The number of rotatable bonds is 2. The van der Waals surface area contributed by atoms with E-state index in [1.807, 2.05) is 5.38 Å². The lowest BCUT2D eigenvalue weighted by atomic mass is 10.1. The third-order valence-electron chi connectivity index (χ3n) is 1.87. The molecule has 0 aliphatic carbocycles. The van der Waals surface area contributed by atoms with Crippen LogP contribution < -0.4 is 0 Å². The highest BCUT2D eigenvalue weighted by molar-refractivity contribution is 7.09. The maximum Gasteiger partial charge on any atom is 0.317 e. The monoisotopic (exact) mass is 197 g/mol. The summed E-state index contributed by atoms with van der Waals surface area (Å²) in [5.41, 5.74) is 0. The average Bonchev–Trinajstić information content (AvgIpc) is 2.63. The van der Waals surface area contributed by atoms with Crippen LogP contribution in [0.5, 0.6) is 0 Å². The number of hydrogen-bond acceptors (Lipinski definition) is 5. The molecule has 1 fully saturated rings. The van der Waals surface area contributed by atoms with E-state index < -0.39 is 11.9 Å². The third-order valence-corrected chi connectivity index (χ3v) is 2.67. The molecular formula is C8H7NO3S. The lowest BCUT2D eigenvalue weighted by molar-refractivity contribution is -0.153. The van der Waals surface area contributed by atoms with Gasteiger partial charge in [-0.2, -0.15) is 0 Å². The van der Waals surface area contributed by atoms with Crippen LogP contribution in [0.15, 0.2) is 11.6 Å². The Hall–Kier alpha value is -1.23. The Labute approximate surface area is 78.5 Å². The van der Waals surface area contributed by atoms with E-state index in [0.29, 0.717) is 6.42 Å². The number of thiazole rings is 1. The maximum absolute atomic E-state index is 11.0. The standard InChI is InChI=1S/C8H7NO3S/c10-7-4-5(8(11)12-7)3-6-9-1-2-13-6/h1-2,5H,3-4H2. The Morgan fingerprint density at radius 1 is 1.62 bits per heavy atom. The zero-order chi connectivity index (χ0) is 9.26. The summed E-state index contributed by atoms with van der Waals surface area (Å²) >= 11 is 1.48. The molecule has 4 nitrogen and oxygen atoms in total. The molecule has 1 aliphatic rings. The first-order valence-corrected chi connectivity index (χ1v) is 4.76. The molecule has 0 N–H and O–H groups in total. The van der Waals surface area contributed by atoms with Gasteiger partial charge in [0, 0.05) is 18.0 Å². The Balaban J connectivity index is 2.03. The van der Waals surface area contributed by atoms with Gasteiger partial charge in [0.05, 0.1) is 17.3 Å². The van der Waals surface area contributed by atoms with Crippen LogP contribution in [0.2, 0.25) is 0 Å². The summed E-state index contributed by atoms with van der Waals surface area (Å²) in [7, 11) is 0. The minimum Gasteiger partial charge on any atom is -0.393 e. The first-order valence-electron chi connectivity index (χ1n) is 3.88. The molecule has 2 heterocycles. The van der Waals surface area contributed by atoms with Gasteiger partial charge >= 0.3 is 11.9 Å². The van der Waals surface area contributed by atoms with E-state index in [1.165, 1.54) is 11.3 Å². The molecule has 5 heteroatoms. The summed E-state index contributed by atoms with van der Waals surface area (Å²) in [6.45, 7) is 0. The van der Waals surface area contributed by atoms with Crippen molar-refractivity contribution in [3.05, 3.63) is 16.6 Å². The lowest BCUT2D eigenvalue weighted by Crippen LogP contribution is -2.10. The number of carbonyl (C=O) groups is 2. The Morgan fingerprint density at radius 3 is 3.00 bits per heavy atom. The first-order chi connectivity index (χ1) is 6.25. The van der Waals surface area contributed by atoms with E-state index in [9.17, 15) is 9.59 Å². The smallest absolute Gasteiger partial charge is 0.317 e.